The number of anilines is 1. The summed E-state index contributed by atoms with van der Waals surface area (Å²) in [4.78, 5) is 40.2. The summed E-state index contributed by atoms with van der Waals surface area (Å²) in [5, 5.41) is 2.83. The molecule has 0 unspecified atom stereocenters. The van der Waals surface area contributed by atoms with Gasteiger partial charge >= 0.3 is 11.8 Å². The molecule has 3 rings (SSSR count). The first-order chi connectivity index (χ1) is 13.3. The summed E-state index contributed by atoms with van der Waals surface area (Å²) in [5.74, 6) is -1.49. The Bertz CT molecular complexity index is 923. The van der Waals surface area contributed by atoms with Crippen LogP contribution in [-0.4, -0.2) is 47.2 Å². The molecule has 0 bridgehead atoms. The lowest BCUT2D eigenvalue weighted by Crippen LogP contribution is -2.55. The third kappa shape index (κ3) is 4.39. The first kappa shape index (κ1) is 19.6. The zero-order valence-electron chi connectivity index (χ0n) is 16.5. The molecule has 1 saturated heterocycles. The number of carbonyl (C=O) groups is 3. The highest BCUT2D eigenvalue weighted by molar-refractivity contribution is 6.35. The summed E-state index contributed by atoms with van der Waals surface area (Å²) < 4.78 is 0. The first-order valence-corrected chi connectivity index (χ1v) is 9.35. The molecule has 1 heterocycles. The number of nitrogens with zero attached hydrogens (tertiary/aromatic N) is 2. The second kappa shape index (κ2) is 8.25. The van der Waals surface area contributed by atoms with Gasteiger partial charge in [0.1, 0.15) is 6.54 Å². The Balaban J connectivity index is 1.60. The van der Waals surface area contributed by atoms with Crippen molar-refractivity contribution < 1.29 is 14.4 Å². The molecule has 1 aliphatic heterocycles. The minimum atomic E-state index is -0.629. The van der Waals surface area contributed by atoms with Crippen LogP contribution in [0.4, 0.5) is 5.69 Å². The van der Waals surface area contributed by atoms with Gasteiger partial charge in [0.15, 0.2) is 0 Å². The van der Waals surface area contributed by atoms with Crippen molar-refractivity contribution in [3.8, 4) is 0 Å². The molecule has 0 spiro atoms. The topological polar surface area (TPSA) is 69.7 Å². The fourth-order valence-electron chi connectivity index (χ4n) is 3.24. The quantitative estimate of drug-likeness (QED) is 0.811. The minimum Gasteiger partial charge on any atom is -0.328 e. The van der Waals surface area contributed by atoms with Crippen molar-refractivity contribution in [3.63, 3.8) is 0 Å². The molecule has 6 nitrogen and oxygen atoms in total. The maximum atomic E-state index is 12.5. The molecule has 0 atom stereocenters. The summed E-state index contributed by atoms with van der Waals surface area (Å²) >= 11 is 0. The van der Waals surface area contributed by atoms with E-state index in [4.69, 9.17) is 0 Å². The van der Waals surface area contributed by atoms with Gasteiger partial charge in [-0.15, -0.1) is 0 Å². The third-order valence-electron chi connectivity index (χ3n) is 5.02. The summed E-state index contributed by atoms with van der Waals surface area (Å²) in [5.41, 5.74) is 4.81. The average molecular weight is 379 g/mol. The predicted molar refractivity (Wildman–Crippen MR) is 108 cm³/mol. The lowest BCUT2D eigenvalue weighted by molar-refractivity contribution is -0.157. The molecule has 1 aliphatic rings. The highest BCUT2D eigenvalue weighted by Crippen LogP contribution is 2.17. The van der Waals surface area contributed by atoms with Crippen molar-refractivity contribution in [2.24, 2.45) is 0 Å². The molecule has 0 saturated carbocycles. The van der Waals surface area contributed by atoms with Crippen LogP contribution in [0.1, 0.15) is 22.3 Å². The van der Waals surface area contributed by atoms with E-state index in [1.54, 1.807) is 4.90 Å². The lowest BCUT2D eigenvalue weighted by atomic mass is 10.1. The molecule has 1 fully saturated rings. The molecule has 146 valence electrons. The van der Waals surface area contributed by atoms with Crippen LogP contribution in [0.5, 0.6) is 0 Å². The van der Waals surface area contributed by atoms with E-state index in [-0.39, 0.29) is 12.5 Å². The maximum Gasteiger partial charge on any atom is 0.312 e. The van der Waals surface area contributed by atoms with E-state index in [9.17, 15) is 14.4 Å². The van der Waals surface area contributed by atoms with E-state index in [0.29, 0.717) is 19.6 Å². The van der Waals surface area contributed by atoms with Gasteiger partial charge in [-0.25, -0.2) is 0 Å². The van der Waals surface area contributed by atoms with Gasteiger partial charge in [-0.3, -0.25) is 14.4 Å². The number of benzene rings is 2. The molecule has 1 N–H and O–H groups in total. The van der Waals surface area contributed by atoms with Gasteiger partial charge in [0.05, 0.1) is 0 Å². The van der Waals surface area contributed by atoms with Crippen LogP contribution >= 0.6 is 0 Å². The van der Waals surface area contributed by atoms with Gasteiger partial charge in [0, 0.05) is 25.3 Å². The SMILES string of the molecule is Cc1ccc(C)c(NC(=O)CN2CCN(Cc3ccccc3C)C(=O)C2=O)c1. The Kier molecular flexibility index (Phi) is 5.78. The number of hydrogen-bond acceptors (Lipinski definition) is 3. The Morgan fingerprint density at radius 1 is 0.929 bits per heavy atom. The smallest absolute Gasteiger partial charge is 0.312 e. The Morgan fingerprint density at radius 3 is 2.36 bits per heavy atom. The van der Waals surface area contributed by atoms with Gasteiger partial charge in [-0.05, 0) is 49.1 Å². The normalized spacial score (nSPS) is 14.4. The van der Waals surface area contributed by atoms with Crippen molar-refractivity contribution in [3.05, 3.63) is 64.7 Å². The van der Waals surface area contributed by atoms with Gasteiger partial charge < -0.3 is 15.1 Å². The number of nitrogens with one attached hydrogen (secondary N) is 1. The molecular formula is C22H25N3O3. The summed E-state index contributed by atoms with van der Waals surface area (Å²) in [6.07, 6.45) is 0. The van der Waals surface area contributed by atoms with Gasteiger partial charge in [-0.1, -0.05) is 36.4 Å². The van der Waals surface area contributed by atoms with Crippen molar-refractivity contribution in [2.45, 2.75) is 27.3 Å². The zero-order chi connectivity index (χ0) is 20.3. The molecular weight excluding hydrogens is 354 g/mol. The minimum absolute atomic E-state index is 0.129. The average Bonchev–Trinajstić information content (AvgIpc) is 2.66. The number of piperazine rings is 1. The molecule has 3 amide bonds. The lowest BCUT2D eigenvalue weighted by Gasteiger charge is -2.33. The van der Waals surface area contributed by atoms with E-state index in [1.165, 1.54) is 4.90 Å². The Morgan fingerprint density at radius 2 is 1.61 bits per heavy atom. The van der Waals surface area contributed by atoms with Crippen LogP contribution in [-0.2, 0) is 20.9 Å². The van der Waals surface area contributed by atoms with E-state index < -0.39 is 11.8 Å². The van der Waals surface area contributed by atoms with Crippen LogP contribution < -0.4 is 5.32 Å². The second-order valence-corrected chi connectivity index (χ2v) is 7.25. The standard InChI is InChI=1S/C22H25N3O3/c1-15-8-9-17(3)19(12-15)23-20(26)14-25-11-10-24(21(27)22(25)28)13-18-7-5-4-6-16(18)2/h4-9,12H,10-11,13-14H2,1-3H3,(H,23,26). The highest BCUT2D eigenvalue weighted by atomic mass is 16.2. The number of rotatable bonds is 5. The molecule has 0 radical (unpaired) electrons. The first-order valence-electron chi connectivity index (χ1n) is 9.35. The number of carbonyl (C=O) groups excluding carboxylic acids is 3. The van der Waals surface area contributed by atoms with Crippen LogP contribution in [0.15, 0.2) is 42.5 Å². The Labute approximate surface area is 165 Å². The van der Waals surface area contributed by atoms with E-state index in [2.05, 4.69) is 5.32 Å². The number of aryl methyl sites for hydroxylation is 3. The van der Waals surface area contributed by atoms with Crippen molar-refractivity contribution >= 4 is 23.4 Å². The number of hydrogen-bond donors (Lipinski definition) is 1. The van der Waals surface area contributed by atoms with E-state index in [1.807, 2.05) is 63.2 Å². The number of amides is 3. The summed E-state index contributed by atoms with van der Waals surface area (Å²) in [6, 6.07) is 13.6. The molecule has 2 aromatic rings. The second-order valence-electron chi connectivity index (χ2n) is 7.25. The van der Waals surface area contributed by atoms with Crippen molar-refractivity contribution in [1.29, 1.82) is 0 Å². The van der Waals surface area contributed by atoms with Crippen molar-refractivity contribution in [2.75, 3.05) is 25.0 Å². The van der Waals surface area contributed by atoms with E-state index in [0.717, 1.165) is 27.9 Å². The fraction of sp³-hybridized carbons (Fsp3) is 0.318. The monoisotopic (exact) mass is 379 g/mol. The fourth-order valence-corrected chi connectivity index (χ4v) is 3.24. The molecule has 0 aromatic heterocycles. The van der Waals surface area contributed by atoms with Crippen LogP contribution in [0, 0.1) is 20.8 Å². The van der Waals surface area contributed by atoms with Crippen LogP contribution in [0.2, 0.25) is 0 Å². The Hall–Kier alpha value is -3.15. The van der Waals surface area contributed by atoms with Gasteiger partial charge in [0.2, 0.25) is 5.91 Å². The van der Waals surface area contributed by atoms with Crippen LogP contribution in [0.3, 0.4) is 0 Å². The highest BCUT2D eigenvalue weighted by Gasteiger charge is 2.33. The van der Waals surface area contributed by atoms with Crippen molar-refractivity contribution in [1.82, 2.24) is 9.80 Å². The largest absolute Gasteiger partial charge is 0.328 e. The third-order valence-corrected chi connectivity index (χ3v) is 5.02. The molecule has 28 heavy (non-hydrogen) atoms. The van der Waals surface area contributed by atoms with E-state index >= 15 is 0 Å². The van der Waals surface area contributed by atoms with Gasteiger partial charge in [-0.2, -0.15) is 0 Å². The summed E-state index contributed by atoms with van der Waals surface area (Å²) in [6.45, 7) is 6.87. The van der Waals surface area contributed by atoms with Crippen LogP contribution in [0.25, 0.3) is 0 Å². The maximum absolute atomic E-state index is 12.5. The summed E-state index contributed by atoms with van der Waals surface area (Å²) in [7, 11) is 0. The molecule has 0 aliphatic carbocycles. The predicted octanol–water partition coefficient (Wildman–Crippen LogP) is 2.42. The zero-order valence-corrected chi connectivity index (χ0v) is 16.5. The van der Waals surface area contributed by atoms with Gasteiger partial charge in [0.25, 0.3) is 0 Å². The molecule has 2 aromatic carbocycles. The molecule has 6 heteroatoms.